The van der Waals surface area contributed by atoms with E-state index in [0.717, 1.165) is 22.7 Å². The van der Waals surface area contributed by atoms with Gasteiger partial charge in [-0.2, -0.15) is 0 Å². The van der Waals surface area contributed by atoms with Crippen molar-refractivity contribution in [1.82, 2.24) is 0 Å². The van der Waals surface area contributed by atoms with Crippen molar-refractivity contribution >= 4 is 34.2 Å². The SMILES string of the molecule is CCC1(c2ccccc2)SC(N)=Nc2ccc(Cl)cc21. The van der Waals surface area contributed by atoms with Crippen LogP contribution in [0.15, 0.2) is 53.5 Å². The van der Waals surface area contributed by atoms with Gasteiger partial charge in [-0.25, -0.2) is 4.99 Å². The molecule has 1 aliphatic heterocycles. The summed E-state index contributed by atoms with van der Waals surface area (Å²) >= 11 is 7.80. The number of aliphatic imine (C=N–C) groups is 1. The van der Waals surface area contributed by atoms with Crippen LogP contribution in [0.3, 0.4) is 0 Å². The minimum Gasteiger partial charge on any atom is -0.378 e. The Labute approximate surface area is 128 Å². The highest BCUT2D eigenvalue weighted by molar-refractivity contribution is 8.14. The van der Waals surface area contributed by atoms with E-state index in [2.05, 4.69) is 36.2 Å². The zero-order valence-corrected chi connectivity index (χ0v) is 12.7. The van der Waals surface area contributed by atoms with Crippen LogP contribution in [0.2, 0.25) is 5.02 Å². The smallest absolute Gasteiger partial charge is 0.160 e. The summed E-state index contributed by atoms with van der Waals surface area (Å²) in [5.41, 5.74) is 9.34. The molecule has 0 amide bonds. The highest BCUT2D eigenvalue weighted by atomic mass is 35.5. The molecule has 0 radical (unpaired) electrons. The van der Waals surface area contributed by atoms with Crippen LogP contribution in [0.5, 0.6) is 0 Å². The van der Waals surface area contributed by atoms with Crippen molar-refractivity contribution in [3.8, 4) is 0 Å². The Balaban J connectivity index is 2.28. The maximum Gasteiger partial charge on any atom is 0.160 e. The first-order chi connectivity index (χ1) is 9.65. The molecule has 1 aliphatic rings. The third-order valence-electron chi connectivity index (χ3n) is 3.64. The summed E-state index contributed by atoms with van der Waals surface area (Å²) < 4.78 is -0.215. The molecule has 0 aliphatic carbocycles. The first-order valence-corrected chi connectivity index (χ1v) is 7.74. The zero-order valence-electron chi connectivity index (χ0n) is 11.1. The van der Waals surface area contributed by atoms with E-state index >= 15 is 0 Å². The summed E-state index contributed by atoms with van der Waals surface area (Å²) in [4.78, 5) is 4.45. The molecule has 2 N–H and O–H groups in total. The number of hydrogen-bond acceptors (Lipinski definition) is 3. The van der Waals surface area contributed by atoms with Gasteiger partial charge in [0.15, 0.2) is 5.17 Å². The monoisotopic (exact) mass is 302 g/mol. The lowest BCUT2D eigenvalue weighted by Gasteiger charge is -2.36. The van der Waals surface area contributed by atoms with Gasteiger partial charge in [-0.15, -0.1) is 0 Å². The molecule has 4 heteroatoms. The largest absolute Gasteiger partial charge is 0.378 e. The lowest BCUT2D eigenvalue weighted by Crippen LogP contribution is -2.30. The van der Waals surface area contributed by atoms with Gasteiger partial charge in [-0.05, 0) is 30.2 Å². The van der Waals surface area contributed by atoms with Crippen molar-refractivity contribution in [3.05, 3.63) is 64.7 Å². The second kappa shape index (κ2) is 5.15. The van der Waals surface area contributed by atoms with E-state index in [1.165, 1.54) is 5.56 Å². The molecule has 1 atom stereocenters. The molecule has 20 heavy (non-hydrogen) atoms. The Kier molecular flexibility index (Phi) is 3.48. The number of benzene rings is 2. The van der Waals surface area contributed by atoms with Gasteiger partial charge in [0.1, 0.15) is 0 Å². The van der Waals surface area contributed by atoms with Crippen LogP contribution in [0.1, 0.15) is 24.5 Å². The van der Waals surface area contributed by atoms with Crippen LogP contribution in [0.25, 0.3) is 0 Å². The highest BCUT2D eigenvalue weighted by Gasteiger charge is 2.39. The minimum absolute atomic E-state index is 0.215. The van der Waals surface area contributed by atoms with Crippen LogP contribution in [-0.4, -0.2) is 5.17 Å². The van der Waals surface area contributed by atoms with Gasteiger partial charge in [0.2, 0.25) is 0 Å². The predicted molar refractivity (Wildman–Crippen MR) is 87.8 cm³/mol. The lowest BCUT2D eigenvalue weighted by molar-refractivity contribution is 0.712. The molecule has 0 bridgehead atoms. The van der Waals surface area contributed by atoms with E-state index < -0.39 is 0 Å². The second-order valence-corrected chi connectivity index (χ2v) is 6.52. The first kappa shape index (κ1) is 13.5. The van der Waals surface area contributed by atoms with Crippen LogP contribution in [-0.2, 0) is 4.75 Å². The molecular formula is C16H15ClN2S. The summed E-state index contributed by atoms with van der Waals surface area (Å²) in [7, 11) is 0. The zero-order chi connectivity index (χ0) is 14.2. The Bertz CT molecular complexity index is 669. The highest BCUT2D eigenvalue weighted by Crippen LogP contribution is 2.52. The van der Waals surface area contributed by atoms with Crippen molar-refractivity contribution in [1.29, 1.82) is 0 Å². The van der Waals surface area contributed by atoms with Gasteiger partial charge in [0, 0.05) is 10.6 Å². The molecule has 2 nitrogen and oxygen atoms in total. The maximum atomic E-state index is 6.20. The molecule has 2 aromatic rings. The second-order valence-electron chi connectivity index (χ2n) is 4.76. The summed E-state index contributed by atoms with van der Waals surface area (Å²) in [6, 6.07) is 16.2. The quantitative estimate of drug-likeness (QED) is 0.874. The number of halogens is 1. The minimum atomic E-state index is -0.215. The molecule has 3 rings (SSSR count). The van der Waals surface area contributed by atoms with Gasteiger partial charge in [0.25, 0.3) is 0 Å². The van der Waals surface area contributed by atoms with Crippen molar-refractivity contribution in [2.75, 3.05) is 0 Å². The van der Waals surface area contributed by atoms with E-state index in [1.807, 2.05) is 24.3 Å². The normalized spacial score (nSPS) is 21.2. The fraction of sp³-hybridized carbons (Fsp3) is 0.188. The average molecular weight is 303 g/mol. The van der Waals surface area contributed by atoms with E-state index in [4.69, 9.17) is 17.3 Å². The fourth-order valence-corrected chi connectivity index (χ4v) is 4.04. The third-order valence-corrected chi connectivity index (χ3v) is 5.27. The van der Waals surface area contributed by atoms with Crippen LogP contribution >= 0.6 is 23.4 Å². The van der Waals surface area contributed by atoms with Gasteiger partial charge < -0.3 is 5.73 Å². The maximum absolute atomic E-state index is 6.20. The molecule has 0 spiro atoms. The van der Waals surface area contributed by atoms with Gasteiger partial charge >= 0.3 is 0 Å². The van der Waals surface area contributed by atoms with Crippen molar-refractivity contribution in [2.45, 2.75) is 18.1 Å². The van der Waals surface area contributed by atoms with E-state index in [9.17, 15) is 0 Å². The van der Waals surface area contributed by atoms with E-state index in [0.29, 0.717) is 5.17 Å². The molecule has 1 unspecified atom stereocenters. The molecule has 1 heterocycles. The molecule has 0 saturated carbocycles. The fourth-order valence-electron chi connectivity index (χ4n) is 2.69. The number of amidine groups is 1. The van der Waals surface area contributed by atoms with Gasteiger partial charge in [-0.1, -0.05) is 60.6 Å². The molecule has 2 aromatic carbocycles. The van der Waals surface area contributed by atoms with Crippen LogP contribution in [0.4, 0.5) is 5.69 Å². The lowest BCUT2D eigenvalue weighted by atomic mass is 9.87. The predicted octanol–water partition coefficient (Wildman–Crippen LogP) is 4.69. The van der Waals surface area contributed by atoms with Crippen molar-refractivity contribution in [2.24, 2.45) is 10.7 Å². The number of hydrogen-bond donors (Lipinski definition) is 1. The first-order valence-electron chi connectivity index (χ1n) is 6.54. The number of nitrogens with two attached hydrogens (primary N) is 1. The standard InChI is InChI=1S/C16H15ClN2S/c1-2-16(11-6-4-3-5-7-11)13-10-12(17)8-9-14(13)19-15(18)20-16/h3-10H,2H2,1H3,(H2,18,19). The summed E-state index contributed by atoms with van der Waals surface area (Å²) in [6.07, 6.45) is 0.922. The van der Waals surface area contributed by atoms with Gasteiger partial charge in [0.05, 0.1) is 10.4 Å². The third kappa shape index (κ3) is 2.11. The topological polar surface area (TPSA) is 38.4 Å². The molecular weight excluding hydrogens is 288 g/mol. The van der Waals surface area contributed by atoms with E-state index in [-0.39, 0.29) is 4.75 Å². The molecule has 0 saturated heterocycles. The van der Waals surface area contributed by atoms with Gasteiger partial charge in [-0.3, -0.25) is 0 Å². The Morgan fingerprint density at radius 2 is 1.95 bits per heavy atom. The summed E-state index contributed by atoms with van der Waals surface area (Å²) in [5, 5.41) is 1.33. The number of fused-ring (bicyclic) bond motifs is 1. The van der Waals surface area contributed by atoms with Crippen LogP contribution in [0, 0.1) is 0 Å². The van der Waals surface area contributed by atoms with Crippen LogP contribution < -0.4 is 5.73 Å². The number of rotatable bonds is 2. The molecule has 0 fully saturated rings. The summed E-state index contributed by atoms with van der Waals surface area (Å²) in [6.45, 7) is 2.17. The Morgan fingerprint density at radius 3 is 2.65 bits per heavy atom. The van der Waals surface area contributed by atoms with Crippen molar-refractivity contribution in [3.63, 3.8) is 0 Å². The average Bonchev–Trinajstić information content (AvgIpc) is 2.48. The molecule has 102 valence electrons. The Morgan fingerprint density at radius 1 is 1.20 bits per heavy atom. The molecule has 0 aromatic heterocycles. The number of thioether (sulfide) groups is 1. The number of nitrogens with zero attached hydrogens (tertiary/aromatic N) is 1. The summed E-state index contributed by atoms with van der Waals surface area (Å²) in [5.74, 6) is 0. The Hall–Kier alpha value is -1.45. The van der Waals surface area contributed by atoms with E-state index in [1.54, 1.807) is 11.8 Å². The van der Waals surface area contributed by atoms with Crippen molar-refractivity contribution < 1.29 is 0 Å².